The largest absolute Gasteiger partial charge is 0.496 e. The van der Waals surface area contributed by atoms with Gasteiger partial charge < -0.3 is 20.3 Å². The van der Waals surface area contributed by atoms with E-state index in [0.29, 0.717) is 41.0 Å². The van der Waals surface area contributed by atoms with Crippen molar-refractivity contribution in [1.82, 2.24) is 18.8 Å². The van der Waals surface area contributed by atoms with Crippen molar-refractivity contribution < 1.29 is 17.9 Å². The topological polar surface area (TPSA) is 111 Å². The van der Waals surface area contributed by atoms with Crippen LogP contribution in [0.2, 0.25) is 0 Å². The molecule has 3 aromatic carbocycles. The Morgan fingerprint density at radius 1 is 0.907 bits per heavy atom. The van der Waals surface area contributed by atoms with E-state index < -0.39 is 10.0 Å². The molecule has 5 aromatic rings. The molecule has 3 heterocycles. The van der Waals surface area contributed by atoms with E-state index in [2.05, 4.69) is 9.88 Å². The second-order valence-corrected chi connectivity index (χ2v) is 12.7. The van der Waals surface area contributed by atoms with Crippen molar-refractivity contribution in [3.8, 4) is 28.0 Å². The Morgan fingerprint density at radius 3 is 2.35 bits per heavy atom. The number of pyridine rings is 1. The number of likely N-dealkylation sites (N-methyl/N-ethyl adjacent to an activating group) is 1. The second kappa shape index (κ2) is 11.2. The third-order valence-corrected chi connectivity index (χ3v) is 9.66. The average molecular weight is 596 g/mol. The number of benzene rings is 3. The zero-order valence-corrected chi connectivity index (χ0v) is 25.1. The molecule has 6 rings (SSSR count). The smallest absolute Gasteiger partial charge is 0.269 e. The molecule has 0 spiro atoms. The van der Waals surface area contributed by atoms with E-state index >= 15 is 0 Å². The number of nitrogen functional groups attached to an aromatic ring is 1. The SMILES string of the molecule is COc1ccccc1-c1cn(S(=O)(=O)c2ccc(C)cc2)c2ncc(-c3ccc(N)c(C(=O)N4CCN(C)CC4)c3)cc12. The van der Waals surface area contributed by atoms with Crippen LogP contribution in [-0.4, -0.2) is 73.4 Å². The molecule has 2 N–H and O–H groups in total. The van der Waals surface area contributed by atoms with Gasteiger partial charge in [0.15, 0.2) is 5.65 Å². The third-order valence-electron chi connectivity index (χ3n) is 7.99. The van der Waals surface area contributed by atoms with Gasteiger partial charge >= 0.3 is 0 Å². The standard InChI is InChI=1S/C33H33N5O4S/c1-22-8-11-25(12-9-22)43(40,41)38-21-29(26-6-4-5-7-31(26)42-3)27-19-24(20-35-32(27)38)23-10-13-30(34)28(18-23)33(39)37-16-14-36(2)15-17-37/h4-13,18-21H,14-17,34H2,1-3H3. The Kier molecular flexibility index (Phi) is 7.41. The van der Waals surface area contributed by atoms with Crippen molar-refractivity contribution in [1.29, 1.82) is 0 Å². The molecule has 220 valence electrons. The maximum atomic E-state index is 13.9. The number of para-hydroxylation sites is 1. The van der Waals surface area contributed by atoms with Crippen LogP contribution >= 0.6 is 0 Å². The number of methoxy groups -OCH3 is 1. The molecule has 0 radical (unpaired) electrons. The summed E-state index contributed by atoms with van der Waals surface area (Å²) < 4.78 is 34.6. The number of carbonyl (C=O) groups is 1. The molecular weight excluding hydrogens is 562 g/mol. The summed E-state index contributed by atoms with van der Waals surface area (Å²) in [5, 5.41) is 0.626. The maximum absolute atomic E-state index is 13.9. The number of anilines is 1. The number of fused-ring (bicyclic) bond motifs is 1. The Hall–Kier alpha value is -4.67. The Labute approximate surface area is 251 Å². The van der Waals surface area contributed by atoms with E-state index in [4.69, 9.17) is 10.5 Å². The van der Waals surface area contributed by atoms with Gasteiger partial charge in [0.2, 0.25) is 0 Å². The lowest BCUT2D eigenvalue weighted by Crippen LogP contribution is -2.47. The molecule has 0 bridgehead atoms. The van der Waals surface area contributed by atoms with Crippen LogP contribution < -0.4 is 10.5 Å². The van der Waals surface area contributed by atoms with E-state index in [1.807, 2.05) is 55.3 Å². The summed E-state index contributed by atoms with van der Waals surface area (Å²) in [7, 11) is -0.342. The average Bonchev–Trinajstić information content (AvgIpc) is 3.41. The number of ether oxygens (including phenoxy) is 1. The molecule has 9 nitrogen and oxygen atoms in total. The van der Waals surface area contributed by atoms with Crippen LogP contribution in [0.25, 0.3) is 33.3 Å². The van der Waals surface area contributed by atoms with E-state index in [-0.39, 0.29) is 16.4 Å². The van der Waals surface area contributed by atoms with Gasteiger partial charge in [0.1, 0.15) is 5.75 Å². The first-order valence-corrected chi connectivity index (χ1v) is 15.5. The van der Waals surface area contributed by atoms with Crippen LogP contribution in [0.5, 0.6) is 5.75 Å². The fourth-order valence-corrected chi connectivity index (χ4v) is 6.75. The van der Waals surface area contributed by atoms with Gasteiger partial charge in [0.25, 0.3) is 15.9 Å². The summed E-state index contributed by atoms with van der Waals surface area (Å²) in [5.74, 6) is 0.499. The Bertz CT molecular complexity index is 1940. The third kappa shape index (κ3) is 5.24. The fraction of sp³-hybridized carbons (Fsp3) is 0.212. The lowest BCUT2D eigenvalue weighted by atomic mass is 9.99. The molecule has 10 heteroatoms. The highest BCUT2D eigenvalue weighted by molar-refractivity contribution is 7.90. The molecule has 43 heavy (non-hydrogen) atoms. The number of carbonyl (C=O) groups excluding carboxylic acids is 1. The number of aromatic nitrogens is 2. The van der Waals surface area contributed by atoms with Gasteiger partial charge in [-0.05, 0) is 55.9 Å². The molecule has 1 amide bonds. The van der Waals surface area contributed by atoms with E-state index in [1.165, 1.54) is 3.97 Å². The van der Waals surface area contributed by atoms with Gasteiger partial charge in [-0.2, -0.15) is 0 Å². The van der Waals surface area contributed by atoms with Crippen molar-refractivity contribution in [3.63, 3.8) is 0 Å². The zero-order valence-electron chi connectivity index (χ0n) is 24.3. The number of amides is 1. The first-order chi connectivity index (χ1) is 20.7. The molecule has 2 aromatic heterocycles. The van der Waals surface area contributed by atoms with Gasteiger partial charge in [0, 0.05) is 66.3 Å². The molecular formula is C33H33N5O4S. The number of nitrogens with zero attached hydrogens (tertiary/aromatic N) is 4. The minimum atomic E-state index is -3.96. The highest BCUT2D eigenvalue weighted by Gasteiger charge is 2.26. The molecule has 1 saturated heterocycles. The lowest BCUT2D eigenvalue weighted by Gasteiger charge is -2.32. The number of piperazine rings is 1. The number of hydrogen-bond donors (Lipinski definition) is 1. The summed E-state index contributed by atoms with van der Waals surface area (Å²) in [4.78, 5) is 22.3. The normalized spacial score (nSPS) is 14.3. The maximum Gasteiger partial charge on any atom is 0.269 e. The predicted molar refractivity (Wildman–Crippen MR) is 169 cm³/mol. The van der Waals surface area contributed by atoms with Crippen LogP contribution in [0.3, 0.4) is 0 Å². The number of hydrogen-bond acceptors (Lipinski definition) is 7. The molecule has 0 unspecified atom stereocenters. The van der Waals surface area contributed by atoms with Gasteiger partial charge in [-0.1, -0.05) is 42.0 Å². The summed E-state index contributed by atoms with van der Waals surface area (Å²) in [6.07, 6.45) is 3.23. The van der Waals surface area contributed by atoms with Crippen LogP contribution in [0.4, 0.5) is 5.69 Å². The molecule has 1 fully saturated rings. The van der Waals surface area contributed by atoms with E-state index in [0.717, 1.165) is 35.3 Å². The van der Waals surface area contributed by atoms with Crippen molar-refractivity contribution in [3.05, 3.63) is 96.3 Å². The van der Waals surface area contributed by atoms with Crippen LogP contribution in [0.15, 0.2) is 90.1 Å². The van der Waals surface area contributed by atoms with Gasteiger partial charge in [0.05, 0.1) is 17.6 Å². The summed E-state index contributed by atoms with van der Waals surface area (Å²) in [5.41, 5.74) is 11.2. The second-order valence-electron chi connectivity index (χ2n) is 10.8. The predicted octanol–water partition coefficient (Wildman–Crippen LogP) is 4.89. The lowest BCUT2D eigenvalue weighted by molar-refractivity contribution is 0.0665. The minimum absolute atomic E-state index is 0.105. The molecule has 0 atom stereocenters. The van der Waals surface area contributed by atoms with E-state index in [9.17, 15) is 13.2 Å². The van der Waals surface area contributed by atoms with Crippen molar-refractivity contribution >= 4 is 32.7 Å². The van der Waals surface area contributed by atoms with Gasteiger partial charge in [-0.3, -0.25) is 4.79 Å². The number of rotatable bonds is 6. The van der Waals surface area contributed by atoms with Crippen LogP contribution in [0, 0.1) is 6.92 Å². The zero-order chi connectivity index (χ0) is 30.3. The highest BCUT2D eigenvalue weighted by atomic mass is 32.2. The Balaban J connectivity index is 1.50. The van der Waals surface area contributed by atoms with Crippen molar-refractivity contribution in [2.75, 3.05) is 46.1 Å². The quantitative estimate of drug-likeness (QED) is 0.278. The number of aryl methyl sites for hydroxylation is 1. The van der Waals surface area contributed by atoms with Gasteiger partial charge in [-0.15, -0.1) is 0 Å². The minimum Gasteiger partial charge on any atom is -0.496 e. The van der Waals surface area contributed by atoms with Crippen molar-refractivity contribution in [2.24, 2.45) is 0 Å². The summed E-state index contributed by atoms with van der Waals surface area (Å²) >= 11 is 0. The fourth-order valence-electron chi connectivity index (χ4n) is 5.43. The monoisotopic (exact) mass is 595 g/mol. The van der Waals surface area contributed by atoms with E-state index in [1.54, 1.807) is 55.9 Å². The molecule has 1 aliphatic heterocycles. The first kappa shape index (κ1) is 28.4. The molecule has 1 aliphatic rings. The molecule has 0 saturated carbocycles. The first-order valence-electron chi connectivity index (χ1n) is 14.0. The summed E-state index contributed by atoms with van der Waals surface area (Å²) in [6, 6.07) is 21.5. The summed E-state index contributed by atoms with van der Waals surface area (Å²) in [6.45, 7) is 4.79. The highest BCUT2D eigenvalue weighted by Crippen LogP contribution is 2.39. The van der Waals surface area contributed by atoms with Crippen molar-refractivity contribution in [2.45, 2.75) is 11.8 Å². The van der Waals surface area contributed by atoms with Crippen LogP contribution in [0.1, 0.15) is 15.9 Å². The van der Waals surface area contributed by atoms with Crippen LogP contribution in [-0.2, 0) is 10.0 Å². The molecule has 0 aliphatic carbocycles. The number of nitrogens with two attached hydrogens (primary N) is 1. The Morgan fingerprint density at radius 2 is 1.63 bits per heavy atom. The van der Waals surface area contributed by atoms with Gasteiger partial charge in [-0.25, -0.2) is 17.4 Å².